The molecule has 0 unspecified atom stereocenters. The van der Waals surface area contributed by atoms with Gasteiger partial charge in [0, 0.05) is 11.1 Å². The molecule has 0 radical (unpaired) electrons. The number of aryl methyl sites for hydroxylation is 2. The first kappa shape index (κ1) is 23.3. The molecule has 0 aliphatic carbocycles. The number of rotatable bonds is 7. The van der Waals surface area contributed by atoms with Crippen LogP contribution in [-0.4, -0.2) is 21.4 Å². The van der Waals surface area contributed by atoms with Gasteiger partial charge in [-0.2, -0.15) is 0 Å². The predicted octanol–water partition coefficient (Wildman–Crippen LogP) is 4.91. The normalized spacial score (nSPS) is 12.2. The molecule has 6 nitrogen and oxygen atoms in total. The van der Waals surface area contributed by atoms with Crippen LogP contribution in [-0.2, 0) is 10.0 Å². The van der Waals surface area contributed by atoms with Crippen molar-refractivity contribution >= 4 is 21.6 Å². The van der Waals surface area contributed by atoms with Gasteiger partial charge in [-0.25, -0.2) is 8.42 Å². The standard InChI is InChI=1S/C25H28N2O4S/c1-16-9-8-11-22(18(16)3)27-32(29,30)24-15-20(14-13-17(24)2)25(28)26-19(4)21-10-6-7-12-23(21)31-5/h6-15,19,27H,1-5H3,(H,26,28)/t19-/m0/s1. The second kappa shape index (κ2) is 9.44. The molecule has 3 aromatic rings. The molecule has 2 N–H and O–H groups in total. The summed E-state index contributed by atoms with van der Waals surface area (Å²) in [6.07, 6.45) is 0. The molecule has 0 fully saturated rings. The second-order valence-corrected chi connectivity index (χ2v) is 9.42. The van der Waals surface area contributed by atoms with Gasteiger partial charge in [0.15, 0.2) is 0 Å². The van der Waals surface area contributed by atoms with E-state index in [0.717, 1.165) is 16.7 Å². The SMILES string of the molecule is COc1ccccc1[C@H](C)NC(=O)c1ccc(C)c(S(=O)(=O)Nc2cccc(C)c2C)c1. The fourth-order valence-electron chi connectivity index (χ4n) is 3.47. The zero-order valence-corrected chi connectivity index (χ0v) is 19.7. The van der Waals surface area contributed by atoms with E-state index in [0.29, 0.717) is 17.0 Å². The quantitative estimate of drug-likeness (QED) is 0.533. The summed E-state index contributed by atoms with van der Waals surface area (Å²) in [6, 6.07) is 17.2. The minimum atomic E-state index is -3.88. The highest BCUT2D eigenvalue weighted by Crippen LogP contribution is 2.26. The molecule has 0 spiro atoms. The van der Waals surface area contributed by atoms with Crippen LogP contribution in [0.25, 0.3) is 0 Å². The lowest BCUT2D eigenvalue weighted by molar-refractivity contribution is 0.0939. The fourth-order valence-corrected chi connectivity index (χ4v) is 4.87. The number of anilines is 1. The maximum atomic E-state index is 13.1. The smallest absolute Gasteiger partial charge is 0.262 e. The summed E-state index contributed by atoms with van der Waals surface area (Å²) in [4.78, 5) is 13.0. The van der Waals surface area contributed by atoms with E-state index in [1.54, 1.807) is 38.3 Å². The molecule has 3 aromatic carbocycles. The molecule has 0 heterocycles. The summed E-state index contributed by atoms with van der Waals surface area (Å²) in [6.45, 7) is 7.34. The van der Waals surface area contributed by atoms with Crippen molar-refractivity contribution in [1.82, 2.24) is 5.32 Å². The molecule has 1 amide bonds. The average molecular weight is 453 g/mol. The molecular formula is C25H28N2O4S. The molecule has 0 aliphatic heterocycles. The summed E-state index contributed by atoms with van der Waals surface area (Å²) < 4.78 is 34.3. The topological polar surface area (TPSA) is 84.5 Å². The molecule has 0 bridgehead atoms. The van der Waals surface area contributed by atoms with Crippen LogP contribution in [0.15, 0.2) is 65.6 Å². The molecule has 7 heteroatoms. The van der Waals surface area contributed by atoms with Gasteiger partial charge in [0.05, 0.1) is 23.7 Å². The highest BCUT2D eigenvalue weighted by atomic mass is 32.2. The van der Waals surface area contributed by atoms with E-state index in [1.807, 2.05) is 51.1 Å². The molecule has 0 aromatic heterocycles. The van der Waals surface area contributed by atoms with Crippen molar-refractivity contribution in [3.05, 3.63) is 88.5 Å². The summed E-state index contributed by atoms with van der Waals surface area (Å²) >= 11 is 0. The zero-order valence-electron chi connectivity index (χ0n) is 18.9. The van der Waals surface area contributed by atoms with Crippen LogP contribution in [0.2, 0.25) is 0 Å². The predicted molar refractivity (Wildman–Crippen MR) is 127 cm³/mol. The van der Waals surface area contributed by atoms with Gasteiger partial charge in [-0.15, -0.1) is 0 Å². The molecular weight excluding hydrogens is 424 g/mol. The number of sulfonamides is 1. The Morgan fingerprint density at radius 2 is 1.66 bits per heavy atom. The number of amides is 1. The lowest BCUT2D eigenvalue weighted by Gasteiger charge is -2.18. The Morgan fingerprint density at radius 1 is 0.938 bits per heavy atom. The van der Waals surface area contributed by atoms with Crippen molar-refractivity contribution in [2.75, 3.05) is 11.8 Å². The van der Waals surface area contributed by atoms with Crippen molar-refractivity contribution < 1.29 is 17.9 Å². The number of nitrogens with one attached hydrogen (secondary N) is 2. The van der Waals surface area contributed by atoms with Crippen molar-refractivity contribution in [2.45, 2.75) is 38.6 Å². The highest BCUT2D eigenvalue weighted by Gasteiger charge is 2.21. The van der Waals surface area contributed by atoms with Gasteiger partial charge in [-0.3, -0.25) is 9.52 Å². The average Bonchev–Trinajstić information content (AvgIpc) is 2.76. The van der Waals surface area contributed by atoms with E-state index in [9.17, 15) is 13.2 Å². The zero-order chi connectivity index (χ0) is 23.5. The van der Waals surface area contributed by atoms with Crippen molar-refractivity contribution in [3.63, 3.8) is 0 Å². The van der Waals surface area contributed by atoms with Gasteiger partial charge in [-0.05, 0) is 68.7 Å². The Bertz CT molecular complexity index is 1250. The van der Waals surface area contributed by atoms with Crippen molar-refractivity contribution in [3.8, 4) is 5.75 Å². The lowest BCUT2D eigenvalue weighted by atomic mass is 10.1. The second-order valence-electron chi connectivity index (χ2n) is 7.77. The molecule has 32 heavy (non-hydrogen) atoms. The van der Waals surface area contributed by atoms with Crippen LogP contribution in [0.1, 0.15) is 45.6 Å². The summed E-state index contributed by atoms with van der Waals surface area (Å²) in [5.74, 6) is 0.303. The highest BCUT2D eigenvalue weighted by molar-refractivity contribution is 7.92. The minimum absolute atomic E-state index is 0.0657. The van der Waals surface area contributed by atoms with Crippen LogP contribution < -0.4 is 14.8 Å². The first-order valence-electron chi connectivity index (χ1n) is 10.3. The van der Waals surface area contributed by atoms with Crippen LogP contribution in [0, 0.1) is 20.8 Å². The molecule has 0 saturated carbocycles. The Balaban J connectivity index is 1.87. The number of hydrogen-bond donors (Lipinski definition) is 2. The van der Waals surface area contributed by atoms with Crippen molar-refractivity contribution in [2.24, 2.45) is 0 Å². The first-order valence-corrected chi connectivity index (χ1v) is 11.8. The Labute approximate surface area is 189 Å². The minimum Gasteiger partial charge on any atom is -0.496 e. The third-order valence-corrected chi connectivity index (χ3v) is 7.05. The number of carbonyl (C=O) groups is 1. The number of hydrogen-bond acceptors (Lipinski definition) is 4. The largest absolute Gasteiger partial charge is 0.496 e. The van der Waals surface area contributed by atoms with E-state index in [2.05, 4.69) is 10.0 Å². The Morgan fingerprint density at radius 3 is 2.38 bits per heavy atom. The summed E-state index contributed by atoms with van der Waals surface area (Å²) in [5, 5.41) is 2.92. The third-order valence-electron chi connectivity index (χ3n) is 5.54. The number of carbonyl (C=O) groups excluding carboxylic acids is 1. The lowest BCUT2D eigenvalue weighted by Crippen LogP contribution is -2.27. The maximum Gasteiger partial charge on any atom is 0.262 e. The van der Waals surface area contributed by atoms with Crippen LogP contribution >= 0.6 is 0 Å². The molecule has 1 atom stereocenters. The summed E-state index contributed by atoms with van der Waals surface area (Å²) in [7, 11) is -2.30. The molecule has 168 valence electrons. The van der Waals surface area contributed by atoms with Crippen LogP contribution in [0.5, 0.6) is 5.75 Å². The fraction of sp³-hybridized carbons (Fsp3) is 0.240. The maximum absolute atomic E-state index is 13.1. The number of para-hydroxylation sites is 1. The van der Waals surface area contributed by atoms with Gasteiger partial charge in [0.1, 0.15) is 5.75 Å². The summed E-state index contributed by atoms with van der Waals surface area (Å²) in [5.41, 5.74) is 4.01. The van der Waals surface area contributed by atoms with Gasteiger partial charge >= 0.3 is 0 Å². The van der Waals surface area contributed by atoms with Crippen LogP contribution in [0.4, 0.5) is 5.69 Å². The van der Waals surface area contributed by atoms with E-state index in [4.69, 9.17) is 4.74 Å². The number of ether oxygens (including phenoxy) is 1. The van der Waals surface area contributed by atoms with Gasteiger partial charge in [0.25, 0.3) is 15.9 Å². The van der Waals surface area contributed by atoms with Gasteiger partial charge in [0.2, 0.25) is 0 Å². The van der Waals surface area contributed by atoms with Crippen molar-refractivity contribution in [1.29, 1.82) is 0 Å². The van der Waals surface area contributed by atoms with Crippen LogP contribution in [0.3, 0.4) is 0 Å². The Kier molecular flexibility index (Phi) is 6.89. The molecule has 3 rings (SSSR count). The molecule has 0 saturated heterocycles. The van der Waals surface area contributed by atoms with E-state index in [-0.39, 0.29) is 22.4 Å². The van der Waals surface area contributed by atoms with Gasteiger partial charge in [-0.1, -0.05) is 36.4 Å². The van der Waals surface area contributed by atoms with E-state index in [1.165, 1.54) is 6.07 Å². The molecule has 0 aliphatic rings. The van der Waals surface area contributed by atoms with E-state index < -0.39 is 10.0 Å². The first-order chi connectivity index (χ1) is 15.1. The third kappa shape index (κ3) is 4.94. The number of methoxy groups -OCH3 is 1. The van der Waals surface area contributed by atoms with Gasteiger partial charge < -0.3 is 10.1 Å². The number of benzene rings is 3. The van der Waals surface area contributed by atoms with E-state index >= 15 is 0 Å². The monoisotopic (exact) mass is 452 g/mol. The Hall–Kier alpha value is -3.32.